The number of hydrogen-bond acceptors (Lipinski definition) is 2. The van der Waals surface area contributed by atoms with Gasteiger partial charge in [-0.1, -0.05) is 42.5 Å². The average molecular weight is 278 g/mol. The van der Waals surface area contributed by atoms with Crippen LogP contribution in [-0.4, -0.2) is 13.2 Å². The van der Waals surface area contributed by atoms with Crippen molar-refractivity contribution in [2.75, 3.05) is 6.61 Å². The van der Waals surface area contributed by atoms with Gasteiger partial charge in [0.05, 0.1) is 13.2 Å². The first-order valence-corrected chi connectivity index (χ1v) is 6.39. The van der Waals surface area contributed by atoms with Gasteiger partial charge in [0.2, 0.25) is 0 Å². The Hall–Kier alpha value is -1.94. The molecule has 106 valence electrons. The molecule has 20 heavy (non-hydrogen) atoms. The standard InChI is InChI=1S/C16H16F2O2/c17-16(18)20-15-8-6-13(7-9-15)10-11-19-12-14-4-2-1-3-5-14/h1-9,16H,10-12H2. The van der Waals surface area contributed by atoms with Crippen molar-refractivity contribution in [2.24, 2.45) is 0 Å². The number of hydrogen-bond donors (Lipinski definition) is 0. The fourth-order valence-electron chi connectivity index (χ4n) is 1.79. The Morgan fingerprint density at radius 2 is 1.55 bits per heavy atom. The normalized spacial score (nSPS) is 10.8. The van der Waals surface area contributed by atoms with Crippen LogP contribution in [0.1, 0.15) is 11.1 Å². The van der Waals surface area contributed by atoms with Crippen molar-refractivity contribution in [1.82, 2.24) is 0 Å². The zero-order valence-corrected chi connectivity index (χ0v) is 11.0. The van der Waals surface area contributed by atoms with E-state index in [9.17, 15) is 8.78 Å². The van der Waals surface area contributed by atoms with Crippen molar-refractivity contribution in [3.8, 4) is 5.75 Å². The second-order valence-corrected chi connectivity index (χ2v) is 4.31. The number of alkyl halides is 2. The summed E-state index contributed by atoms with van der Waals surface area (Å²) in [6.45, 7) is -1.62. The third-order valence-electron chi connectivity index (χ3n) is 2.80. The molecular weight excluding hydrogens is 262 g/mol. The summed E-state index contributed by atoms with van der Waals surface area (Å²) in [4.78, 5) is 0. The molecule has 0 heterocycles. The highest BCUT2D eigenvalue weighted by molar-refractivity contribution is 5.27. The van der Waals surface area contributed by atoms with Crippen LogP contribution in [0.2, 0.25) is 0 Å². The Balaban J connectivity index is 1.71. The van der Waals surface area contributed by atoms with Gasteiger partial charge in [-0.2, -0.15) is 8.78 Å². The SMILES string of the molecule is FC(F)Oc1ccc(CCOCc2ccccc2)cc1. The molecule has 0 aliphatic rings. The second kappa shape index (κ2) is 7.60. The monoisotopic (exact) mass is 278 g/mol. The first-order valence-electron chi connectivity index (χ1n) is 6.39. The molecule has 0 bridgehead atoms. The Bertz CT molecular complexity index is 498. The molecule has 0 aromatic heterocycles. The van der Waals surface area contributed by atoms with Gasteiger partial charge in [0, 0.05) is 0 Å². The van der Waals surface area contributed by atoms with Crippen LogP contribution in [0.25, 0.3) is 0 Å². The van der Waals surface area contributed by atoms with Gasteiger partial charge in [-0.25, -0.2) is 0 Å². The van der Waals surface area contributed by atoms with Crippen LogP contribution >= 0.6 is 0 Å². The molecule has 2 nitrogen and oxygen atoms in total. The lowest BCUT2D eigenvalue weighted by Crippen LogP contribution is -2.02. The highest BCUT2D eigenvalue weighted by atomic mass is 19.3. The summed E-state index contributed by atoms with van der Waals surface area (Å²) in [7, 11) is 0. The fraction of sp³-hybridized carbons (Fsp3) is 0.250. The predicted octanol–water partition coefficient (Wildman–Crippen LogP) is 4.05. The molecule has 2 rings (SSSR count). The van der Waals surface area contributed by atoms with E-state index in [1.807, 2.05) is 30.3 Å². The average Bonchev–Trinajstić information content (AvgIpc) is 2.46. The number of rotatable bonds is 7. The number of halogens is 2. The highest BCUT2D eigenvalue weighted by Crippen LogP contribution is 2.15. The van der Waals surface area contributed by atoms with Gasteiger partial charge in [-0.3, -0.25) is 0 Å². The Kier molecular flexibility index (Phi) is 5.50. The topological polar surface area (TPSA) is 18.5 Å². The molecule has 2 aromatic rings. The van der Waals surface area contributed by atoms with E-state index in [0.29, 0.717) is 13.2 Å². The van der Waals surface area contributed by atoms with Gasteiger partial charge in [0.1, 0.15) is 5.75 Å². The first-order chi connectivity index (χ1) is 9.74. The maximum absolute atomic E-state index is 12.0. The van der Waals surface area contributed by atoms with Crippen molar-refractivity contribution in [2.45, 2.75) is 19.6 Å². The van der Waals surface area contributed by atoms with Crippen molar-refractivity contribution in [3.63, 3.8) is 0 Å². The molecule has 0 aliphatic carbocycles. The zero-order valence-electron chi connectivity index (χ0n) is 11.0. The minimum atomic E-state index is -2.78. The Morgan fingerprint density at radius 3 is 2.20 bits per heavy atom. The molecular formula is C16H16F2O2. The van der Waals surface area contributed by atoms with Gasteiger partial charge >= 0.3 is 6.61 Å². The van der Waals surface area contributed by atoms with Crippen LogP contribution in [0, 0.1) is 0 Å². The molecule has 0 aliphatic heterocycles. The summed E-state index contributed by atoms with van der Waals surface area (Å²) >= 11 is 0. The molecule has 0 N–H and O–H groups in total. The molecule has 0 fully saturated rings. The van der Waals surface area contributed by atoms with Crippen molar-refractivity contribution in [1.29, 1.82) is 0 Å². The van der Waals surface area contributed by atoms with E-state index < -0.39 is 6.61 Å². The fourth-order valence-corrected chi connectivity index (χ4v) is 1.79. The summed E-state index contributed by atoms with van der Waals surface area (Å²) in [6.07, 6.45) is 0.738. The second-order valence-electron chi connectivity index (χ2n) is 4.31. The number of benzene rings is 2. The van der Waals surface area contributed by atoms with Crippen LogP contribution in [0.15, 0.2) is 54.6 Å². The molecule has 0 saturated heterocycles. The zero-order chi connectivity index (χ0) is 14.2. The summed E-state index contributed by atoms with van der Waals surface area (Å²) in [5.74, 6) is 0.175. The molecule has 4 heteroatoms. The highest BCUT2D eigenvalue weighted by Gasteiger charge is 2.03. The minimum Gasteiger partial charge on any atom is -0.435 e. The maximum atomic E-state index is 12.0. The third-order valence-corrected chi connectivity index (χ3v) is 2.80. The predicted molar refractivity (Wildman–Crippen MR) is 72.9 cm³/mol. The molecule has 0 atom stereocenters. The van der Waals surface area contributed by atoms with Gasteiger partial charge < -0.3 is 9.47 Å². The molecule has 0 spiro atoms. The molecule has 0 amide bonds. The van der Waals surface area contributed by atoms with Crippen LogP contribution < -0.4 is 4.74 Å². The lowest BCUT2D eigenvalue weighted by Gasteiger charge is -2.07. The summed E-state index contributed by atoms with van der Waals surface area (Å²) in [5.41, 5.74) is 2.16. The van der Waals surface area contributed by atoms with E-state index in [-0.39, 0.29) is 5.75 Å². The number of ether oxygens (including phenoxy) is 2. The van der Waals surface area contributed by atoms with E-state index in [2.05, 4.69) is 4.74 Å². The van der Waals surface area contributed by atoms with Crippen molar-refractivity contribution in [3.05, 3.63) is 65.7 Å². The van der Waals surface area contributed by atoms with Crippen LogP contribution in [0.4, 0.5) is 8.78 Å². The largest absolute Gasteiger partial charge is 0.435 e. The van der Waals surface area contributed by atoms with E-state index in [0.717, 1.165) is 17.5 Å². The summed E-state index contributed by atoms with van der Waals surface area (Å²) < 4.78 is 33.8. The summed E-state index contributed by atoms with van der Waals surface area (Å²) in [5, 5.41) is 0. The third kappa shape index (κ3) is 4.97. The Morgan fingerprint density at radius 1 is 0.850 bits per heavy atom. The lowest BCUT2D eigenvalue weighted by molar-refractivity contribution is -0.0498. The van der Waals surface area contributed by atoms with Crippen molar-refractivity contribution < 1.29 is 18.3 Å². The Labute approximate surface area is 117 Å². The van der Waals surface area contributed by atoms with Crippen LogP contribution in [-0.2, 0) is 17.8 Å². The molecule has 0 saturated carbocycles. The van der Waals surface area contributed by atoms with Gasteiger partial charge in [0.25, 0.3) is 0 Å². The van der Waals surface area contributed by atoms with E-state index in [4.69, 9.17) is 4.74 Å². The molecule has 0 unspecified atom stereocenters. The smallest absolute Gasteiger partial charge is 0.387 e. The van der Waals surface area contributed by atoms with Gasteiger partial charge in [0.15, 0.2) is 0 Å². The van der Waals surface area contributed by atoms with E-state index in [1.54, 1.807) is 24.3 Å². The van der Waals surface area contributed by atoms with Crippen molar-refractivity contribution >= 4 is 0 Å². The minimum absolute atomic E-state index is 0.175. The first kappa shape index (κ1) is 14.5. The van der Waals surface area contributed by atoms with Crippen LogP contribution in [0.5, 0.6) is 5.75 Å². The summed E-state index contributed by atoms with van der Waals surface area (Å²) in [6, 6.07) is 16.5. The molecule has 0 radical (unpaired) electrons. The van der Waals surface area contributed by atoms with E-state index >= 15 is 0 Å². The molecule has 2 aromatic carbocycles. The quantitative estimate of drug-likeness (QED) is 0.711. The van der Waals surface area contributed by atoms with Crippen LogP contribution in [0.3, 0.4) is 0 Å². The maximum Gasteiger partial charge on any atom is 0.387 e. The van der Waals surface area contributed by atoms with Gasteiger partial charge in [-0.15, -0.1) is 0 Å². The van der Waals surface area contributed by atoms with E-state index in [1.165, 1.54) is 0 Å². The lowest BCUT2D eigenvalue weighted by atomic mass is 10.1. The van der Waals surface area contributed by atoms with Gasteiger partial charge in [-0.05, 0) is 29.7 Å².